The number of phenols is 1. The summed E-state index contributed by atoms with van der Waals surface area (Å²) in [5.41, 5.74) is 6.95. The SMILES string of the molecule is Cc1cc(Cl)c(O)c(C(N)CO)c1. The van der Waals surface area contributed by atoms with E-state index in [1.54, 1.807) is 12.1 Å². The van der Waals surface area contributed by atoms with Crippen molar-refractivity contribution in [2.75, 3.05) is 6.61 Å². The first-order valence-electron chi connectivity index (χ1n) is 3.91. The lowest BCUT2D eigenvalue weighted by Crippen LogP contribution is -2.14. The Balaban J connectivity index is 3.20. The van der Waals surface area contributed by atoms with Crippen molar-refractivity contribution in [3.63, 3.8) is 0 Å². The summed E-state index contributed by atoms with van der Waals surface area (Å²) >= 11 is 5.73. The van der Waals surface area contributed by atoms with Crippen LogP contribution in [0.4, 0.5) is 0 Å². The van der Waals surface area contributed by atoms with Gasteiger partial charge in [0.25, 0.3) is 0 Å². The highest BCUT2D eigenvalue weighted by Gasteiger charge is 2.12. The third kappa shape index (κ3) is 2.12. The molecule has 1 rings (SSSR count). The van der Waals surface area contributed by atoms with Gasteiger partial charge >= 0.3 is 0 Å². The second-order valence-electron chi connectivity index (χ2n) is 2.97. The summed E-state index contributed by atoms with van der Waals surface area (Å²) in [5, 5.41) is 18.6. The van der Waals surface area contributed by atoms with Gasteiger partial charge < -0.3 is 15.9 Å². The highest BCUT2D eigenvalue weighted by atomic mass is 35.5. The van der Waals surface area contributed by atoms with Crippen LogP contribution in [0.5, 0.6) is 5.75 Å². The number of halogens is 1. The van der Waals surface area contributed by atoms with Crippen molar-refractivity contribution in [3.05, 3.63) is 28.3 Å². The first-order chi connectivity index (χ1) is 6.06. The predicted molar refractivity (Wildman–Crippen MR) is 51.9 cm³/mol. The van der Waals surface area contributed by atoms with Gasteiger partial charge in [0.05, 0.1) is 17.7 Å². The maximum atomic E-state index is 9.50. The molecular formula is C9H12ClNO2. The molecule has 72 valence electrons. The maximum Gasteiger partial charge on any atom is 0.139 e. The standard InChI is InChI=1S/C9H12ClNO2/c1-5-2-6(8(11)4-12)9(13)7(10)3-5/h2-3,8,12-13H,4,11H2,1H3. The van der Waals surface area contributed by atoms with Crippen molar-refractivity contribution < 1.29 is 10.2 Å². The lowest BCUT2D eigenvalue weighted by Gasteiger charge is -2.12. The number of aromatic hydroxyl groups is 1. The minimum Gasteiger partial charge on any atom is -0.506 e. The molecule has 0 bridgehead atoms. The van der Waals surface area contributed by atoms with Crippen LogP contribution < -0.4 is 5.73 Å². The highest BCUT2D eigenvalue weighted by Crippen LogP contribution is 2.31. The summed E-state index contributed by atoms with van der Waals surface area (Å²) in [6, 6.07) is 2.77. The van der Waals surface area contributed by atoms with Gasteiger partial charge in [0, 0.05) is 5.56 Å². The molecule has 1 aromatic carbocycles. The van der Waals surface area contributed by atoms with Gasteiger partial charge in [0.15, 0.2) is 0 Å². The van der Waals surface area contributed by atoms with Crippen molar-refractivity contribution in [1.29, 1.82) is 0 Å². The Morgan fingerprint density at radius 2 is 2.15 bits per heavy atom. The third-order valence-electron chi connectivity index (χ3n) is 1.83. The van der Waals surface area contributed by atoms with Crippen LogP contribution in [0.25, 0.3) is 0 Å². The number of benzene rings is 1. The molecular weight excluding hydrogens is 190 g/mol. The van der Waals surface area contributed by atoms with E-state index in [0.717, 1.165) is 5.56 Å². The monoisotopic (exact) mass is 201 g/mol. The second kappa shape index (κ2) is 3.96. The van der Waals surface area contributed by atoms with Gasteiger partial charge in [-0.3, -0.25) is 0 Å². The minimum atomic E-state index is -0.586. The minimum absolute atomic E-state index is 0.0474. The molecule has 1 aromatic rings. The van der Waals surface area contributed by atoms with Gasteiger partial charge in [0.2, 0.25) is 0 Å². The molecule has 0 aliphatic carbocycles. The molecule has 0 amide bonds. The molecule has 0 aliphatic heterocycles. The topological polar surface area (TPSA) is 66.5 Å². The Kier molecular flexibility index (Phi) is 3.14. The molecule has 1 unspecified atom stereocenters. The number of hydrogen-bond donors (Lipinski definition) is 3. The van der Waals surface area contributed by atoms with E-state index in [0.29, 0.717) is 5.56 Å². The zero-order chi connectivity index (χ0) is 10.0. The largest absolute Gasteiger partial charge is 0.506 e. The summed E-state index contributed by atoms with van der Waals surface area (Å²) < 4.78 is 0. The van der Waals surface area contributed by atoms with Gasteiger partial charge in [-0.1, -0.05) is 17.7 Å². The van der Waals surface area contributed by atoms with Crippen LogP contribution in [0.15, 0.2) is 12.1 Å². The summed E-state index contributed by atoms with van der Waals surface area (Å²) in [6.07, 6.45) is 0. The van der Waals surface area contributed by atoms with E-state index in [2.05, 4.69) is 0 Å². The molecule has 0 aromatic heterocycles. The third-order valence-corrected chi connectivity index (χ3v) is 2.12. The molecule has 4 heteroatoms. The summed E-state index contributed by atoms with van der Waals surface area (Å²) in [4.78, 5) is 0. The van der Waals surface area contributed by atoms with Crippen molar-refractivity contribution in [2.24, 2.45) is 5.73 Å². The van der Waals surface area contributed by atoms with E-state index in [1.165, 1.54) is 0 Å². The Morgan fingerprint density at radius 3 is 2.69 bits per heavy atom. The molecule has 0 spiro atoms. The number of rotatable bonds is 2. The van der Waals surface area contributed by atoms with E-state index in [1.807, 2.05) is 6.92 Å². The van der Waals surface area contributed by atoms with Crippen molar-refractivity contribution in [1.82, 2.24) is 0 Å². The highest BCUT2D eigenvalue weighted by molar-refractivity contribution is 6.32. The first kappa shape index (κ1) is 10.3. The fraction of sp³-hybridized carbons (Fsp3) is 0.333. The molecule has 0 heterocycles. The van der Waals surface area contributed by atoms with Crippen molar-refractivity contribution in [2.45, 2.75) is 13.0 Å². The first-order valence-corrected chi connectivity index (χ1v) is 4.29. The number of aliphatic hydroxyl groups excluding tert-OH is 1. The van der Waals surface area contributed by atoms with E-state index < -0.39 is 6.04 Å². The molecule has 0 saturated carbocycles. The van der Waals surface area contributed by atoms with Gasteiger partial charge in [-0.15, -0.1) is 0 Å². The molecule has 4 N–H and O–H groups in total. The van der Waals surface area contributed by atoms with Crippen molar-refractivity contribution in [3.8, 4) is 5.75 Å². The Hall–Kier alpha value is -0.770. The van der Waals surface area contributed by atoms with Crippen LogP contribution in [0, 0.1) is 6.92 Å². The van der Waals surface area contributed by atoms with Crippen LogP contribution in [-0.4, -0.2) is 16.8 Å². The quantitative estimate of drug-likeness (QED) is 0.677. The average molecular weight is 202 g/mol. The lowest BCUT2D eigenvalue weighted by atomic mass is 10.0. The van der Waals surface area contributed by atoms with Crippen LogP contribution in [-0.2, 0) is 0 Å². The maximum absolute atomic E-state index is 9.50. The Morgan fingerprint density at radius 1 is 1.54 bits per heavy atom. The second-order valence-corrected chi connectivity index (χ2v) is 3.38. The van der Waals surface area contributed by atoms with E-state index >= 15 is 0 Å². The fourth-order valence-corrected chi connectivity index (χ4v) is 1.42. The summed E-state index contributed by atoms with van der Waals surface area (Å²) in [5.74, 6) is -0.0474. The molecule has 1 atom stereocenters. The Labute approximate surface area is 81.8 Å². The molecule has 0 saturated heterocycles. The van der Waals surface area contributed by atoms with Gasteiger partial charge in [0.1, 0.15) is 5.75 Å². The Bertz CT molecular complexity index is 315. The van der Waals surface area contributed by atoms with Gasteiger partial charge in [-0.05, 0) is 18.6 Å². The van der Waals surface area contributed by atoms with Crippen LogP contribution in [0.3, 0.4) is 0 Å². The van der Waals surface area contributed by atoms with Crippen LogP contribution >= 0.6 is 11.6 Å². The summed E-state index contributed by atoms with van der Waals surface area (Å²) in [7, 11) is 0. The molecule has 0 radical (unpaired) electrons. The zero-order valence-electron chi connectivity index (χ0n) is 7.29. The predicted octanol–water partition coefficient (Wildman–Crippen LogP) is 1.35. The molecule has 13 heavy (non-hydrogen) atoms. The lowest BCUT2D eigenvalue weighted by molar-refractivity contribution is 0.265. The van der Waals surface area contributed by atoms with E-state index in [4.69, 9.17) is 22.4 Å². The summed E-state index contributed by atoms with van der Waals surface area (Å²) in [6.45, 7) is 1.63. The number of aryl methyl sites for hydroxylation is 1. The van der Waals surface area contributed by atoms with Gasteiger partial charge in [-0.25, -0.2) is 0 Å². The molecule has 0 fully saturated rings. The average Bonchev–Trinajstić information content (AvgIpc) is 2.10. The van der Waals surface area contributed by atoms with Crippen LogP contribution in [0.1, 0.15) is 17.2 Å². The zero-order valence-corrected chi connectivity index (χ0v) is 8.04. The fourth-order valence-electron chi connectivity index (χ4n) is 1.14. The number of nitrogens with two attached hydrogens (primary N) is 1. The number of hydrogen-bond acceptors (Lipinski definition) is 3. The van der Waals surface area contributed by atoms with E-state index in [9.17, 15) is 5.11 Å². The van der Waals surface area contributed by atoms with Crippen LogP contribution in [0.2, 0.25) is 5.02 Å². The van der Waals surface area contributed by atoms with E-state index in [-0.39, 0.29) is 17.4 Å². The normalized spacial score (nSPS) is 12.9. The molecule has 3 nitrogen and oxygen atoms in total. The smallest absolute Gasteiger partial charge is 0.139 e. The number of phenolic OH excluding ortho intramolecular Hbond substituents is 1. The van der Waals surface area contributed by atoms with Gasteiger partial charge in [-0.2, -0.15) is 0 Å². The van der Waals surface area contributed by atoms with Crippen molar-refractivity contribution >= 4 is 11.6 Å². The number of aliphatic hydroxyl groups is 1. The molecule has 0 aliphatic rings.